The van der Waals surface area contributed by atoms with Crippen LogP contribution in [0.25, 0.3) is 0 Å². The Morgan fingerprint density at radius 3 is 2.59 bits per heavy atom. The van der Waals surface area contributed by atoms with Gasteiger partial charge in [-0.15, -0.1) is 0 Å². The zero-order chi connectivity index (χ0) is 30.3. The number of methoxy groups -OCH3 is 1. The highest BCUT2D eigenvalue weighted by Crippen LogP contribution is 2.54. The smallest absolute Gasteiger partial charge is 0.251 e. The quantitative estimate of drug-likeness (QED) is 0.492. The van der Waals surface area contributed by atoms with Crippen molar-refractivity contribution in [2.24, 2.45) is 5.41 Å². The summed E-state index contributed by atoms with van der Waals surface area (Å²) < 4.78 is 11.3. The van der Waals surface area contributed by atoms with Crippen molar-refractivity contribution in [3.63, 3.8) is 0 Å². The molecule has 0 unspecified atom stereocenters. The molecule has 3 aliphatic carbocycles. The summed E-state index contributed by atoms with van der Waals surface area (Å²) >= 11 is 0. The number of nitrogens with one attached hydrogen (secondary N) is 2. The summed E-state index contributed by atoms with van der Waals surface area (Å²) in [6.45, 7) is 4.28. The van der Waals surface area contributed by atoms with Crippen LogP contribution in [-0.4, -0.2) is 97.9 Å². The van der Waals surface area contributed by atoms with E-state index in [1.165, 1.54) is 12.8 Å². The van der Waals surface area contributed by atoms with Crippen molar-refractivity contribution in [2.75, 3.05) is 62.1 Å². The van der Waals surface area contributed by atoms with Crippen LogP contribution in [0.2, 0.25) is 0 Å². The normalized spacial score (nSPS) is 29.3. The molecule has 2 aliphatic heterocycles. The third-order valence-electron chi connectivity index (χ3n) is 10.7. The van der Waals surface area contributed by atoms with Gasteiger partial charge in [-0.1, -0.05) is 12.8 Å². The van der Waals surface area contributed by atoms with Gasteiger partial charge in [0.05, 0.1) is 37.6 Å². The fourth-order valence-electron chi connectivity index (χ4n) is 8.02. The molecular formula is C33H45N7O4. The first-order valence-electron chi connectivity index (χ1n) is 16.4. The molecule has 11 nitrogen and oxygen atoms in total. The maximum absolute atomic E-state index is 14.0. The predicted molar refractivity (Wildman–Crippen MR) is 168 cm³/mol. The number of ether oxygens (including phenoxy) is 2. The van der Waals surface area contributed by atoms with Gasteiger partial charge in [0, 0.05) is 56.4 Å². The summed E-state index contributed by atoms with van der Waals surface area (Å²) in [5, 5.41) is 6.88. The van der Waals surface area contributed by atoms with E-state index in [1.807, 2.05) is 25.2 Å². The number of amides is 2. The molecule has 3 saturated carbocycles. The van der Waals surface area contributed by atoms with Gasteiger partial charge in [0.2, 0.25) is 5.91 Å². The van der Waals surface area contributed by atoms with Crippen LogP contribution < -0.4 is 25.2 Å². The Morgan fingerprint density at radius 1 is 1.07 bits per heavy atom. The van der Waals surface area contributed by atoms with Crippen LogP contribution in [0, 0.1) is 5.41 Å². The fraction of sp³-hybridized carbons (Fsp3) is 0.636. The number of aromatic nitrogens is 2. The predicted octanol–water partition coefficient (Wildman–Crippen LogP) is 3.45. The number of rotatable bonds is 7. The molecule has 0 bridgehead atoms. The fourth-order valence-corrected chi connectivity index (χ4v) is 8.02. The summed E-state index contributed by atoms with van der Waals surface area (Å²) in [6.07, 6.45) is 12.9. The van der Waals surface area contributed by atoms with Crippen LogP contribution in [0.5, 0.6) is 5.75 Å². The van der Waals surface area contributed by atoms with Crippen molar-refractivity contribution in [1.82, 2.24) is 20.2 Å². The minimum atomic E-state index is -0.570. The minimum Gasteiger partial charge on any atom is -0.495 e. The zero-order valence-electron chi connectivity index (χ0n) is 26.0. The lowest BCUT2D eigenvalue weighted by molar-refractivity contribution is -0.123. The Morgan fingerprint density at radius 2 is 1.84 bits per heavy atom. The SMILES string of the molecule is COc1cc(C(=O)NC2CCC(N3CCOCC3)CC2)ccc1N[C@@H]1C[C@]12CN(C1CCCC1)c1ncncc1N(C)C2=O. The van der Waals surface area contributed by atoms with Crippen LogP contribution >= 0.6 is 0 Å². The highest BCUT2D eigenvalue weighted by molar-refractivity contribution is 6.04. The highest BCUT2D eigenvalue weighted by Gasteiger charge is 2.64. The lowest BCUT2D eigenvalue weighted by atomic mass is 9.89. The molecule has 11 heteroatoms. The Kier molecular flexibility index (Phi) is 8.09. The number of hydrogen-bond donors (Lipinski definition) is 2. The number of anilines is 3. The molecule has 5 aliphatic rings. The molecule has 4 fully saturated rings. The van der Waals surface area contributed by atoms with Crippen LogP contribution in [0.1, 0.15) is 68.1 Å². The summed E-state index contributed by atoms with van der Waals surface area (Å²) in [7, 11) is 3.46. The molecule has 0 radical (unpaired) electrons. The summed E-state index contributed by atoms with van der Waals surface area (Å²) in [6, 6.07) is 6.67. The van der Waals surface area contributed by atoms with Crippen LogP contribution in [0.3, 0.4) is 0 Å². The molecule has 1 aromatic carbocycles. The van der Waals surface area contributed by atoms with Crippen LogP contribution in [0.4, 0.5) is 17.2 Å². The largest absolute Gasteiger partial charge is 0.495 e. The first-order valence-corrected chi connectivity index (χ1v) is 16.4. The third kappa shape index (κ3) is 5.49. The number of carbonyl (C=O) groups excluding carboxylic acids is 2. The van der Waals surface area contributed by atoms with E-state index in [1.54, 1.807) is 24.5 Å². The van der Waals surface area contributed by atoms with Gasteiger partial charge in [-0.05, 0) is 63.1 Å². The number of carbonyl (C=O) groups is 2. The van der Waals surface area contributed by atoms with Gasteiger partial charge >= 0.3 is 0 Å². The second-order valence-corrected chi connectivity index (χ2v) is 13.3. The molecule has 1 spiro atoms. The topological polar surface area (TPSA) is 112 Å². The van der Waals surface area contributed by atoms with Gasteiger partial charge < -0.3 is 29.9 Å². The molecule has 7 rings (SSSR count). The number of fused-ring (bicyclic) bond motifs is 1. The van der Waals surface area contributed by atoms with E-state index in [0.29, 0.717) is 29.9 Å². The molecule has 1 aromatic heterocycles. The Bertz CT molecular complexity index is 1370. The first-order chi connectivity index (χ1) is 21.5. The summed E-state index contributed by atoms with van der Waals surface area (Å²) in [5.41, 5.74) is 1.58. The Balaban J connectivity index is 1.02. The molecule has 3 heterocycles. The Labute approximate surface area is 259 Å². The maximum Gasteiger partial charge on any atom is 0.251 e. The molecule has 44 heavy (non-hydrogen) atoms. The van der Waals surface area contributed by atoms with Gasteiger partial charge in [0.15, 0.2) is 5.82 Å². The van der Waals surface area contributed by atoms with Gasteiger partial charge in [-0.25, -0.2) is 9.97 Å². The van der Waals surface area contributed by atoms with Crippen LogP contribution in [0.15, 0.2) is 30.7 Å². The second kappa shape index (κ2) is 12.2. The third-order valence-corrected chi connectivity index (χ3v) is 10.7. The van der Waals surface area contributed by atoms with Crippen molar-refractivity contribution in [3.8, 4) is 5.75 Å². The van der Waals surface area contributed by atoms with E-state index in [4.69, 9.17) is 9.47 Å². The standard InChI is InChI=1S/C33H45N7O4/c1-38-27-19-34-21-35-30(27)40(25-5-3-4-6-25)20-33(32(38)42)18-29(33)37-26-12-7-22(17-28(26)43-2)31(41)36-23-8-10-24(11-9-23)39-13-15-44-16-14-39/h7,12,17,19,21,23-25,29,37H,3-6,8-11,13-16,18,20H2,1-2H3,(H,36,41)/t23?,24?,29-,33+/m1/s1. The minimum absolute atomic E-state index is 0.0566. The summed E-state index contributed by atoms with van der Waals surface area (Å²) in [5.74, 6) is 1.48. The molecule has 2 atom stereocenters. The molecule has 236 valence electrons. The molecular weight excluding hydrogens is 558 g/mol. The molecule has 1 saturated heterocycles. The highest BCUT2D eigenvalue weighted by atomic mass is 16.5. The number of nitrogens with zero attached hydrogens (tertiary/aromatic N) is 5. The van der Waals surface area contributed by atoms with Crippen molar-refractivity contribution >= 4 is 29.0 Å². The number of benzene rings is 1. The van der Waals surface area contributed by atoms with Crippen LogP contribution in [-0.2, 0) is 9.53 Å². The average Bonchev–Trinajstić information content (AvgIpc) is 3.50. The van der Waals surface area contributed by atoms with E-state index < -0.39 is 5.41 Å². The van der Waals surface area contributed by atoms with Gasteiger partial charge in [-0.2, -0.15) is 0 Å². The van der Waals surface area contributed by atoms with E-state index in [0.717, 1.165) is 88.4 Å². The average molecular weight is 604 g/mol. The van der Waals surface area contributed by atoms with Gasteiger partial charge in [0.25, 0.3) is 5.91 Å². The second-order valence-electron chi connectivity index (χ2n) is 13.3. The van der Waals surface area contributed by atoms with E-state index >= 15 is 0 Å². The van der Waals surface area contributed by atoms with Crippen molar-refractivity contribution in [3.05, 3.63) is 36.3 Å². The Hall–Kier alpha value is -3.44. The first kappa shape index (κ1) is 29.3. The molecule has 2 N–H and O–H groups in total. The lowest BCUT2D eigenvalue weighted by Gasteiger charge is -2.38. The van der Waals surface area contributed by atoms with E-state index in [2.05, 4.69) is 30.4 Å². The lowest BCUT2D eigenvalue weighted by Crippen LogP contribution is -2.47. The van der Waals surface area contributed by atoms with Crippen molar-refractivity contribution < 1.29 is 19.1 Å². The van der Waals surface area contributed by atoms with Crippen molar-refractivity contribution in [1.29, 1.82) is 0 Å². The van der Waals surface area contributed by atoms with Gasteiger partial charge in [0.1, 0.15) is 17.8 Å². The van der Waals surface area contributed by atoms with Gasteiger partial charge in [-0.3, -0.25) is 14.5 Å². The summed E-state index contributed by atoms with van der Waals surface area (Å²) in [4.78, 5) is 42.8. The molecule has 2 amide bonds. The van der Waals surface area contributed by atoms with E-state index in [-0.39, 0.29) is 23.9 Å². The zero-order valence-corrected chi connectivity index (χ0v) is 26.0. The number of hydrogen-bond acceptors (Lipinski definition) is 9. The molecule has 2 aromatic rings. The number of morpholine rings is 1. The monoisotopic (exact) mass is 603 g/mol. The van der Waals surface area contributed by atoms with E-state index in [9.17, 15) is 9.59 Å². The maximum atomic E-state index is 14.0. The van der Waals surface area contributed by atoms with Crippen molar-refractivity contribution in [2.45, 2.75) is 82.0 Å².